The van der Waals surface area contributed by atoms with Crippen LogP contribution in [-0.4, -0.2) is 50.1 Å². The number of benzene rings is 1. The number of rotatable bonds is 6. The van der Waals surface area contributed by atoms with Crippen molar-refractivity contribution in [1.29, 1.82) is 0 Å². The number of methoxy groups -OCH3 is 1. The summed E-state index contributed by atoms with van der Waals surface area (Å²) in [5.41, 5.74) is 2.70. The van der Waals surface area contributed by atoms with E-state index in [9.17, 15) is 9.59 Å². The van der Waals surface area contributed by atoms with Crippen LogP contribution < -0.4 is 20.9 Å². The summed E-state index contributed by atoms with van der Waals surface area (Å²) in [6.45, 7) is 5.53. The molecule has 0 aliphatic carbocycles. The molecule has 0 radical (unpaired) electrons. The normalized spacial score (nSPS) is 13.7. The Labute approximate surface area is 188 Å². The number of nitrogens with one attached hydrogen (secondary N) is 3. The van der Waals surface area contributed by atoms with Gasteiger partial charge in [-0.1, -0.05) is 12.1 Å². The Morgan fingerprint density at radius 3 is 2.74 bits per heavy atom. The van der Waals surface area contributed by atoms with Gasteiger partial charge in [0.2, 0.25) is 0 Å². The topological polar surface area (TPSA) is 95.6 Å². The first-order chi connectivity index (χ1) is 15.0. The molecule has 3 N–H and O–H groups in total. The molecule has 1 aromatic carbocycles. The predicted molar refractivity (Wildman–Crippen MR) is 125 cm³/mol. The molecule has 0 atom stereocenters. The lowest BCUT2D eigenvalue weighted by atomic mass is 10.2. The van der Waals surface area contributed by atoms with Crippen molar-refractivity contribution in [3.63, 3.8) is 0 Å². The highest BCUT2D eigenvalue weighted by molar-refractivity contribution is 7.15. The highest BCUT2D eigenvalue weighted by Gasteiger charge is 2.19. The maximum absolute atomic E-state index is 12.8. The molecule has 31 heavy (non-hydrogen) atoms. The minimum absolute atomic E-state index is 0.276. The van der Waals surface area contributed by atoms with Crippen LogP contribution in [0.25, 0.3) is 0 Å². The van der Waals surface area contributed by atoms with Gasteiger partial charge in [0.1, 0.15) is 10.6 Å². The largest absolute Gasteiger partial charge is 0.465 e. The second kappa shape index (κ2) is 9.46. The number of amides is 1. The fourth-order valence-electron chi connectivity index (χ4n) is 3.35. The maximum atomic E-state index is 12.8. The van der Waals surface area contributed by atoms with E-state index in [4.69, 9.17) is 4.74 Å². The van der Waals surface area contributed by atoms with E-state index in [0.29, 0.717) is 21.4 Å². The Bertz CT molecular complexity index is 1090. The molecule has 4 rings (SSSR count). The van der Waals surface area contributed by atoms with Crippen molar-refractivity contribution in [2.75, 3.05) is 48.8 Å². The van der Waals surface area contributed by atoms with Crippen LogP contribution in [0.1, 0.15) is 25.0 Å². The summed E-state index contributed by atoms with van der Waals surface area (Å²) in [6.07, 6.45) is 0. The number of hydrogen-bond acceptors (Lipinski definition) is 9. The standard InChI is InChI=1S/C21H23N5O3S2/c1-13-11-15(18(31-13)20(28)29-2)24-21-25-16(12-30-21)19(27)23-14-5-3-4-6-17(14)26-9-7-22-8-10-26/h3-6,11-12,22H,7-10H2,1-2H3,(H,23,27)(H,24,25). The average Bonchev–Trinajstić information content (AvgIpc) is 3.41. The number of carbonyl (C=O) groups is 2. The van der Waals surface area contributed by atoms with E-state index in [0.717, 1.165) is 42.4 Å². The number of carbonyl (C=O) groups excluding carboxylic acids is 2. The number of piperazine rings is 1. The number of aromatic nitrogens is 1. The molecule has 1 fully saturated rings. The highest BCUT2D eigenvalue weighted by Crippen LogP contribution is 2.32. The van der Waals surface area contributed by atoms with Crippen molar-refractivity contribution in [2.45, 2.75) is 6.92 Å². The van der Waals surface area contributed by atoms with Crippen molar-refractivity contribution in [2.24, 2.45) is 0 Å². The molecular formula is C21H23N5O3S2. The van der Waals surface area contributed by atoms with Gasteiger partial charge >= 0.3 is 5.97 Å². The third-order valence-electron chi connectivity index (χ3n) is 4.81. The summed E-state index contributed by atoms with van der Waals surface area (Å²) in [4.78, 5) is 32.9. The zero-order chi connectivity index (χ0) is 21.8. The van der Waals surface area contributed by atoms with Gasteiger partial charge in [-0.15, -0.1) is 22.7 Å². The van der Waals surface area contributed by atoms with Crippen molar-refractivity contribution >= 4 is 56.7 Å². The molecule has 2 aromatic heterocycles. The summed E-state index contributed by atoms with van der Waals surface area (Å²) in [6, 6.07) is 9.66. The van der Waals surface area contributed by atoms with Gasteiger partial charge < -0.3 is 25.6 Å². The van der Waals surface area contributed by atoms with Crippen LogP contribution in [0.4, 0.5) is 22.2 Å². The van der Waals surface area contributed by atoms with E-state index in [-0.39, 0.29) is 5.91 Å². The molecule has 0 saturated carbocycles. The minimum Gasteiger partial charge on any atom is -0.465 e. The summed E-state index contributed by atoms with van der Waals surface area (Å²) < 4.78 is 4.84. The van der Waals surface area contributed by atoms with Crippen molar-refractivity contribution in [3.8, 4) is 0 Å². The second-order valence-electron chi connectivity index (χ2n) is 6.96. The summed E-state index contributed by atoms with van der Waals surface area (Å²) >= 11 is 2.65. The number of hydrogen-bond donors (Lipinski definition) is 3. The lowest BCUT2D eigenvalue weighted by Crippen LogP contribution is -2.43. The first-order valence-corrected chi connectivity index (χ1v) is 11.5. The molecule has 1 amide bonds. The van der Waals surface area contributed by atoms with Crippen LogP contribution in [0.3, 0.4) is 0 Å². The molecule has 0 unspecified atom stereocenters. The number of ether oxygens (including phenoxy) is 1. The molecule has 3 aromatic rings. The first kappa shape index (κ1) is 21.3. The van der Waals surface area contributed by atoms with E-state index in [1.807, 2.05) is 37.3 Å². The highest BCUT2D eigenvalue weighted by atomic mass is 32.1. The van der Waals surface area contributed by atoms with Crippen LogP contribution in [0.15, 0.2) is 35.7 Å². The van der Waals surface area contributed by atoms with E-state index in [1.165, 1.54) is 29.8 Å². The molecule has 1 saturated heterocycles. The van der Waals surface area contributed by atoms with Crippen LogP contribution in [0, 0.1) is 6.92 Å². The minimum atomic E-state index is -0.403. The molecule has 10 heteroatoms. The van der Waals surface area contributed by atoms with Crippen molar-refractivity contribution in [1.82, 2.24) is 10.3 Å². The van der Waals surface area contributed by atoms with Crippen molar-refractivity contribution < 1.29 is 14.3 Å². The van der Waals surface area contributed by atoms with E-state index >= 15 is 0 Å². The number of anilines is 4. The Kier molecular flexibility index (Phi) is 6.50. The Morgan fingerprint density at radius 1 is 1.19 bits per heavy atom. The van der Waals surface area contributed by atoms with Crippen molar-refractivity contribution in [3.05, 3.63) is 51.2 Å². The van der Waals surface area contributed by atoms with E-state index in [2.05, 4.69) is 25.8 Å². The summed E-state index contributed by atoms with van der Waals surface area (Å²) in [5.74, 6) is -0.679. The van der Waals surface area contributed by atoms with Crippen LogP contribution in [-0.2, 0) is 4.74 Å². The Hall–Kier alpha value is -2.95. The number of thiophene rings is 1. The number of esters is 1. The monoisotopic (exact) mass is 457 g/mol. The average molecular weight is 458 g/mol. The second-order valence-corrected chi connectivity index (χ2v) is 9.08. The van der Waals surface area contributed by atoms with Gasteiger partial charge in [0.05, 0.1) is 24.2 Å². The molecule has 162 valence electrons. The quantitative estimate of drug-likeness (QED) is 0.486. The first-order valence-electron chi connectivity index (χ1n) is 9.82. The van der Waals surface area contributed by atoms with Gasteiger partial charge in [0.15, 0.2) is 5.13 Å². The number of nitrogens with zero attached hydrogens (tertiary/aromatic N) is 2. The van der Waals surface area contributed by atoms with Gasteiger partial charge in [-0.25, -0.2) is 9.78 Å². The molecular weight excluding hydrogens is 434 g/mol. The molecule has 0 bridgehead atoms. The zero-order valence-electron chi connectivity index (χ0n) is 17.2. The Morgan fingerprint density at radius 2 is 1.97 bits per heavy atom. The predicted octanol–water partition coefficient (Wildman–Crippen LogP) is 3.71. The molecule has 1 aliphatic heterocycles. The lowest BCUT2D eigenvalue weighted by molar-refractivity contribution is 0.0607. The van der Waals surface area contributed by atoms with Gasteiger partial charge in [0.25, 0.3) is 5.91 Å². The Balaban J connectivity index is 1.48. The fraction of sp³-hybridized carbons (Fsp3) is 0.286. The van der Waals surface area contributed by atoms with Gasteiger partial charge in [-0.3, -0.25) is 4.79 Å². The zero-order valence-corrected chi connectivity index (χ0v) is 18.9. The van der Waals surface area contributed by atoms with E-state index in [1.54, 1.807) is 5.38 Å². The van der Waals surface area contributed by atoms with Crippen LogP contribution in [0.5, 0.6) is 0 Å². The number of thiazole rings is 1. The van der Waals surface area contributed by atoms with Gasteiger partial charge in [-0.05, 0) is 25.1 Å². The fourth-order valence-corrected chi connectivity index (χ4v) is 4.94. The maximum Gasteiger partial charge on any atom is 0.350 e. The lowest BCUT2D eigenvalue weighted by Gasteiger charge is -2.31. The molecule has 8 nitrogen and oxygen atoms in total. The smallest absolute Gasteiger partial charge is 0.350 e. The summed E-state index contributed by atoms with van der Waals surface area (Å²) in [5, 5.41) is 11.7. The molecule has 1 aliphatic rings. The third kappa shape index (κ3) is 4.87. The van der Waals surface area contributed by atoms with E-state index < -0.39 is 5.97 Å². The number of para-hydroxylation sites is 2. The molecule has 0 spiro atoms. The van der Waals surface area contributed by atoms with Gasteiger partial charge in [-0.2, -0.15) is 0 Å². The SMILES string of the molecule is COC(=O)c1sc(C)cc1Nc1nc(C(=O)Nc2ccccc2N2CCNCC2)cs1. The van der Waals surface area contributed by atoms with Gasteiger partial charge in [0, 0.05) is 36.4 Å². The summed E-state index contributed by atoms with van der Waals surface area (Å²) in [7, 11) is 1.35. The van der Waals surface area contributed by atoms with Crippen LogP contribution >= 0.6 is 22.7 Å². The number of aryl methyl sites for hydroxylation is 1. The van der Waals surface area contributed by atoms with Crippen LogP contribution in [0.2, 0.25) is 0 Å². The molecule has 3 heterocycles. The third-order valence-corrected chi connectivity index (χ3v) is 6.60.